The number of likely N-dealkylation sites (tertiary alicyclic amines) is 2. The van der Waals surface area contributed by atoms with Crippen LogP contribution in [0, 0.1) is 5.41 Å². The molecule has 102 valence electrons. The van der Waals surface area contributed by atoms with E-state index >= 15 is 0 Å². The van der Waals surface area contributed by atoms with Gasteiger partial charge in [-0.05, 0) is 26.2 Å². The number of carbonyl (C=O) groups excluding carboxylic acids is 1. The zero-order valence-corrected chi connectivity index (χ0v) is 11.0. The Morgan fingerprint density at radius 2 is 1.61 bits per heavy atom. The minimum Gasteiger partial charge on any atom is -0.481 e. The van der Waals surface area contributed by atoms with Gasteiger partial charge >= 0.3 is 12.0 Å². The molecule has 1 unspecified atom stereocenters. The number of aliphatic carboxylic acids is 1. The molecular formula is C13H22N2O3. The van der Waals surface area contributed by atoms with Crippen molar-refractivity contribution in [2.45, 2.75) is 39.0 Å². The van der Waals surface area contributed by atoms with Gasteiger partial charge in [0, 0.05) is 26.2 Å². The third-order valence-corrected chi connectivity index (χ3v) is 4.14. The first-order chi connectivity index (χ1) is 8.53. The highest BCUT2D eigenvalue weighted by Crippen LogP contribution is 2.31. The van der Waals surface area contributed by atoms with Crippen molar-refractivity contribution in [3.05, 3.63) is 0 Å². The van der Waals surface area contributed by atoms with Gasteiger partial charge in [-0.3, -0.25) is 4.79 Å². The Morgan fingerprint density at radius 3 is 2.11 bits per heavy atom. The summed E-state index contributed by atoms with van der Waals surface area (Å²) in [5.41, 5.74) is -0.762. The van der Waals surface area contributed by atoms with Crippen molar-refractivity contribution in [1.29, 1.82) is 0 Å². The van der Waals surface area contributed by atoms with Crippen molar-refractivity contribution in [2.24, 2.45) is 5.41 Å². The number of carbonyl (C=O) groups is 2. The van der Waals surface area contributed by atoms with Crippen molar-refractivity contribution in [3.63, 3.8) is 0 Å². The second-order valence-corrected chi connectivity index (χ2v) is 5.72. The normalized spacial score (nSPS) is 29.2. The average molecular weight is 254 g/mol. The fourth-order valence-corrected chi connectivity index (χ4v) is 2.76. The van der Waals surface area contributed by atoms with Crippen LogP contribution >= 0.6 is 0 Å². The molecule has 18 heavy (non-hydrogen) atoms. The Balaban J connectivity index is 1.96. The highest BCUT2D eigenvalue weighted by Gasteiger charge is 2.43. The summed E-state index contributed by atoms with van der Waals surface area (Å²) >= 11 is 0. The molecule has 5 heteroatoms. The maximum atomic E-state index is 12.3. The number of carboxylic acids is 1. The van der Waals surface area contributed by atoms with E-state index in [0.29, 0.717) is 19.5 Å². The van der Waals surface area contributed by atoms with Crippen LogP contribution in [0.1, 0.15) is 39.0 Å². The summed E-state index contributed by atoms with van der Waals surface area (Å²) in [5, 5.41) is 9.18. The van der Waals surface area contributed by atoms with Crippen molar-refractivity contribution in [2.75, 3.05) is 26.2 Å². The first kappa shape index (κ1) is 13.2. The fraction of sp³-hybridized carbons (Fsp3) is 0.846. The van der Waals surface area contributed by atoms with E-state index in [9.17, 15) is 14.7 Å². The first-order valence-corrected chi connectivity index (χ1v) is 6.80. The van der Waals surface area contributed by atoms with E-state index in [-0.39, 0.29) is 6.03 Å². The van der Waals surface area contributed by atoms with Crippen molar-refractivity contribution in [3.8, 4) is 0 Å². The highest BCUT2D eigenvalue weighted by molar-refractivity contribution is 5.79. The minimum atomic E-state index is -0.798. The summed E-state index contributed by atoms with van der Waals surface area (Å²) < 4.78 is 0. The minimum absolute atomic E-state index is 0.0295. The third-order valence-electron chi connectivity index (χ3n) is 4.14. The van der Waals surface area contributed by atoms with E-state index in [0.717, 1.165) is 25.9 Å². The molecular weight excluding hydrogens is 232 g/mol. The van der Waals surface area contributed by atoms with E-state index < -0.39 is 11.4 Å². The Labute approximate surface area is 108 Å². The number of urea groups is 1. The lowest BCUT2D eigenvalue weighted by atomic mass is 9.90. The van der Waals surface area contributed by atoms with Crippen molar-refractivity contribution in [1.82, 2.24) is 9.80 Å². The standard InChI is InChI=1S/C13H22N2O3/c1-13(11(16)17)6-9-15(10-13)12(18)14-7-4-2-3-5-8-14/h2-10H2,1H3,(H,16,17). The van der Waals surface area contributed by atoms with Crippen molar-refractivity contribution >= 4 is 12.0 Å². The molecule has 2 aliphatic rings. The van der Waals surface area contributed by atoms with Gasteiger partial charge in [0.05, 0.1) is 5.41 Å². The fourth-order valence-electron chi connectivity index (χ4n) is 2.76. The number of rotatable bonds is 1. The molecule has 0 bridgehead atoms. The molecule has 1 atom stereocenters. The van der Waals surface area contributed by atoms with Gasteiger partial charge in [-0.15, -0.1) is 0 Å². The number of carboxylic acid groups (broad SMARTS) is 1. The topological polar surface area (TPSA) is 60.9 Å². The molecule has 0 spiro atoms. The Bertz CT molecular complexity index is 337. The molecule has 0 radical (unpaired) electrons. The van der Waals surface area contributed by atoms with Crippen LogP contribution in [0.3, 0.4) is 0 Å². The molecule has 2 saturated heterocycles. The zero-order chi connectivity index (χ0) is 13.2. The average Bonchev–Trinajstić information content (AvgIpc) is 2.59. The lowest BCUT2D eigenvalue weighted by Gasteiger charge is -2.27. The third kappa shape index (κ3) is 2.60. The van der Waals surface area contributed by atoms with Crippen LogP contribution in [0.2, 0.25) is 0 Å². The summed E-state index contributed by atoms with van der Waals surface area (Å²) in [7, 11) is 0. The van der Waals surface area contributed by atoms with Crippen LogP contribution in [-0.4, -0.2) is 53.1 Å². The summed E-state index contributed by atoms with van der Waals surface area (Å²) in [6.45, 7) is 4.28. The van der Waals surface area contributed by atoms with Gasteiger partial charge in [0.2, 0.25) is 0 Å². The molecule has 5 nitrogen and oxygen atoms in total. The molecule has 2 rings (SSSR count). The zero-order valence-electron chi connectivity index (χ0n) is 11.0. The first-order valence-electron chi connectivity index (χ1n) is 6.80. The predicted molar refractivity (Wildman–Crippen MR) is 67.4 cm³/mol. The molecule has 0 aromatic rings. The van der Waals surface area contributed by atoms with E-state index in [1.165, 1.54) is 12.8 Å². The quantitative estimate of drug-likeness (QED) is 0.776. The summed E-state index contributed by atoms with van der Waals surface area (Å²) in [4.78, 5) is 27.1. The van der Waals surface area contributed by atoms with Crippen LogP contribution in [0.4, 0.5) is 4.79 Å². The van der Waals surface area contributed by atoms with Gasteiger partial charge in [-0.1, -0.05) is 12.8 Å². The lowest BCUT2D eigenvalue weighted by molar-refractivity contribution is -0.147. The predicted octanol–water partition coefficient (Wildman–Crippen LogP) is 1.78. The second-order valence-electron chi connectivity index (χ2n) is 5.72. The molecule has 2 heterocycles. The molecule has 2 fully saturated rings. The van der Waals surface area contributed by atoms with Gasteiger partial charge in [-0.25, -0.2) is 4.79 Å². The van der Waals surface area contributed by atoms with Crippen LogP contribution < -0.4 is 0 Å². The van der Waals surface area contributed by atoms with Crippen LogP contribution in [-0.2, 0) is 4.79 Å². The Hall–Kier alpha value is -1.26. The SMILES string of the molecule is CC1(C(=O)O)CCN(C(=O)N2CCCCCC2)C1. The maximum Gasteiger partial charge on any atom is 0.320 e. The van der Waals surface area contributed by atoms with Crippen molar-refractivity contribution < 1.29 is 14.7 Å². The molecule has 1 N–H and O–H groups in total. The van der Waals surface area contributed by atoms with E-state index in [4.69, 9.17) is 0 Å². The summed E-state index contributed by atoms with van der Waals surface area (Å²) in [6, 6.07) is 0.0295. The maximum absolute atomic E-state index is 12.3. The molecule has 0 aromatic carbocycles. The Morgan fingerprint density at radius 1 is 1.00 bits per heavy atom. The summed E-state index contributed by atoms with van der Waals surface area (Å²) in [5.74, 6) is -0.798. The smallest absolute Gasteiger partial charge is 0.320 e. The van der Waals surface area contributed by atoms with Gasteiger partial charge in [-0.2, -0.15) is 0 Å². The number of hydrogen-bond donors (Lipinski definition) is 1. The van der Waals surface area contributed by atoms with Gasteiger partial charge in [0.15, 0.2) is 0 Å². The largest absolute Gasteiger partial charge is 0.481 e. The number of hydrogen-bond acceptors (Lipinski definition) is 2. The molecule has 2 aliphatic heterocycles. The number of amides is 2. The Kier molecular flexibility index (Phi) is 3.78. The van der Waals surface area contributed by atoms with Crippen LogP contribution in [0.5, 0.6) is 0 Å². The van der Waals surface area contributed by atoms with E-state index in [1.807, 2.05) is 4.90 Å². The van der Waals surface area contributed by atoms with Crippen LogP contribution in [0.25, 0.3) is 0 Å². The van der Waals surface area contributed by atoms with Gasteiger partial charge in [0.1, 0.15) is 0 Å². The van der Waals surface area contributed by atoms with Gasteiger partial charge < -0.3 is 14.9 Å². The van der Waals surface area contributed by atoms with Crippen LogP contribution in [0.15, 0.2) is 0 Å². The molecule has 0 aliphatic carbocycles. The molecule has 0 aromatic heterocycles. The monoisotopic (exact) mass is 254 g/mol. The highest BCUT2D eigenvalue weighted by atomic mass is 16.4. The van der Waals surface area contributed by atoms with Gasteiger partial charge in [0.25, 0.3) is 0 Å². The van der Waals surface area contributed by atoms with E-state index in [2.05, 4.69) is 0 Å². The second kappa shape index (κ2) is 5.16. The summed E-state index contributed by atoms with van der Waals surface area (Å²) in [6.07, 6.45) is 5.07. The lowest BCUT2D eigenvalue weighted by Crippen LogP contribution is -2.44. The molecule has 0 saturated carbocycles. The number of nitrogens with zero attached hydrogens (tertiary/aromatic N) is 2. The van der Waals surface area contributed by atoms with E-state index in [1.54, 1.807) is 11.8 Å². The molecule has 2 amide bonds.